The van der Waals surface area contributed by atoms with Gasteiger partial charge in [-0.2, -0.15) is 0 Å². The predicted octanol–water partition coefficient (Wildman–Crippen LogP) is 6.46. The molecule has 242 valence electrons. The van der Waals surface area contributed by atoms with Gasteiger partial charge in [-0.15, -0.1) is 0 Å². The maximum Gasteiger partial charge on any atom is 0.264 e. The van der Waals surface area contributed by atoms with Crippen molar-refractivity contribution in [1.29, 1.82) is 0 Å². The number of carbonyl (C=O) groups excluding carboxylic acids is 2. The molecule has 1 atom stereocenters. The van der Waals surface area contributed by atoms with Crippen LogP contribution in [0.1, 0.15) is 51.0 Å². The zero-order chi connectivity index (χ0) is 32.6. The van der Waals surface area contributed by atoms with Gasteiger partial charge in [0.2, 0.25) is 11.8 Å². The lowest BCUT2D eigenvalue weighted by atomic mass is 9.95. The number of hydrogen-bond donors (Lipinski definition) is 1. The number of methoxy groups -OCH3 is 2. The Bertz CT molecular complexity index is 1560. The van der Waals surface area contributed by atoms with Gasteiger partial charge < -0.3 is 19.7 Å². The molecule has 0 heterocycles. The van der Waals surface area contributed by atoms with E-state index in [1.54, 1.807) is 48.5 Å². The van der Waals surface area contributed by atoms with E-state index < -0.39 is 28.5 Å². The number of nitrogens with one attached hydrogen (secondary N) is 1. The van der Waals surface area contributed by atoms with Crippen molar-refractivity contribution in [3.05, 3.63) is 82.3 Å². The van der Waals surface area contributed by atoms with Gasteiger partial charge in [0.15, 0.2) is 11.5 Å². The fourth-order valence-corrected chi connectivity index (χ4v) is 7.49. The molecule has 1 fully saturated rings. The summed E-state index contributed by atoms with van der Waals surface area (Å²) in [5.41, 5.74) is 0.739. The van der Waals surface area contributed by atoms with Crippen molar-refractivity contribution in [1.82, 2.24) is 10.2 Å². The van der Waals surface area contributed by atoms with Crippen molar-refractivity contribution < 1.29 is 27.5 Å². The Morgan fingerprint density at radius 1 is 0.911 bits per heavy atom. The number of benzene rings is 3. The number of para-hydroxylation sites is 1. The number of anilines is 1. The molecule has 0 unspecified atom stereocenters. The Morgan fingerprint density at radius 3 is 2.16 bits per heavy atom. The molecule has 4 rings (SSSR count). The van der Waals surface area contributed by atoms with Gasteiger partial charge in [-0.3, -0.25) is 13.9 Å². The third kappa shape index (κ3) is 8.23. The summed E-state index contributed by atoms with van der Waals surface area (Å²) in [6.45, 7) is 1.14. The highest BCUT2D eigenvalue weighted by atomic mass is 35.5. The lowest BCUT2D eigenvalue weighted by molar-refractivity contribution is -0.140. The number of carbonyl (C=O) groups is 2. The predicted molar refractivity (Wildman–Crippen MR) is 177 cm³/mol. The smallest absolute Gasteiger partial charge is 0.264 e. The van der Waals surface area contributed by atoms with Crippen LogP contribution in [-0.2, 0) is 26.2 Å². The second kappa shape index (κ2) is 15.7. The maximum atomic E-state index is 14.4. The largest absolute Gasteiger partial charge is 0.493 e. The van der Waals surface area contributed by atoms with Gasteiger partial charge in [0.05, 0.1) is 24.8 Å². The van der Waals surface area contributed by atoms with E-state index in [2.05, 4.69) is 5.32 Å². The van der Waals surface area contributed by atoms with Crippen LogP contribution in [0.15, 0.2) is 71.6 Å². The molecule has 0 spiro atoms. The van der Waals surface area contributed by atoms with Gasteiger partial charge >= 0.3 is 0 Å². The van der Waals surface area contributed by atoms with Crippen molar-refractivity contribution in [3.63, 3.8) is 0 Å². The van der Waals surface area contributed by atoms with Crippen LogP contribution >= 0.6 is 23.2 Å². The van der Waals surface area contributed by atoms with Gasteiger partial charge in [0, 0.05) is 34.3 Å². The first-order valence-electron chi connectivity index (χ1n) is 14.9. The van der Waals surface area contributed by atoms with Crippen LogP contribution in [0.25, 0.3) is 0 Å². The van der Waals surface area contributed by atoms with Gasteiger partial charge in [0.1, 0.15) is 12.6 Å². The molecular formula is C33H39Cl2N3O6S. The minimum atomic E-state index is -4.31. The fourth-order valence-electron chi connectivity index (χ4n) is 5.54. The molecule has 1 aliphatic rings. The van der Waals surface area contributed by atoms with E-state index >= 15 is 0 Å². The molecule has 0 radical (unpaired) electrons. The minimum Gasteiger partial charge on any atom is -0.493 e. The van der Waals surface area contributed by atoms with E-state index in [9.17, 15) is 18.0 Å². The second-order valence-electron chi connectivity index (χ2n) is 10.9. The zero-order valence-corrected chi connectivity index (χ0v) is 28.0. The lowest BCUT2D eigenvalue weighted by Crippen LogP contribution is -2.54. The molecule has 3 aromatic carbocycles. The summed E-state index contributed by atoms with van der Waals surface area (Å²) < 4.78 is 40.1. The van der Waals surface area contributed by atoms with Crippen LogP contribution in [0, 0.1) is 0 Å². The zero-order valence-electron chi connectivity index (χ0n) is 25.7. The molecule has 0 bridgehead atoms. The highest BCUT2D eigenvalue weighted by Crippen LogP contribution is 2.33. The third-order valence-corrected chi connectivity index (χ3v) is 10.5. The number of sulfonamides is 1. The standard InChI is InChI=1S/C33H39Cl2N3O6S/c1-4-29(33(40)36-23-12-7-5-8-13-23)37(21-26-27(34)16-11-17-28(26)35)32(39)22-38(24-14-9-6-10-15-24)45(41,42)25-18-19-30(43-2)31(20-25)44-3/h6,9-11,14-20,23,29H,4-5,7-8,12-13,21-22H2,1-3H3,(H,36,40)/t29-/m0/s1. The van der Waals surface area contributed by atoms with Crippen LogP contribution in [0.4, 0.5) is 5.69 Å². The number of rotatable bonds is 13. The Labute approximate surface area is 275 Å². The summed E-state index contributed by atoms with van der Waals surface area (Å²) >= 11 is 13.0. The first kappa shape index (κ1) is 34.4. The minimum absolute atomic E-state index is 0.0207. The van der Waals surface area contributed by atoms with Crippen LogP contribution in [0.3, 0.4) is 0 Å². The van der Waals surface area contributed by atoms with E-state index in [4.69, 9.17) is 32.7 Å². The van der Waals surface area contributed by atoms with Gasteiger partial charge in [-0.05, 0) is 55.7 Å². The number of ether oxygens (including phenoxy) is 2. The molecule has 1 N–H and O–H groups in total. The van der Waals surface area contributed by atoms with Gasteiger partial charge in [-0.25, -0.2) is 8.42 Å². The van der Waals surface area contributed by atoms with Crippen molar-refractivity contribution in [2.75, 3.05) is 25.1 Å². The maximum absolute atomic E-state index is 14.4. The molecule has 1 saturated carbocycles. The molecule has 3 aromatic rings. The number of halogens is 2. The fraction of sp³-hybridized carbons (Fsp3) is 0.394. The Balaban J connectivity index is 1.74. The molecule has 9 nitrogen and oxygen atoms in total. The molecule has 0 saturated heterocycles. The average molecular weight is 677 g/mol. The van der Waals surface area contributed by atoms with E-state index in [1.165, 1.54) is 37.3 Å². The highest BCUT2D eigenvalue weighted by molar-refractivity contribution is 7.92. The Hall–Kier alpha value is -3.47. The van der Waals surface area contributed by atoms with E-state index in [-0.39, 0.29) is 34.8 Å². The Kier molecular flexibility index (Phi) is 12.0. The van der Waals surface area contributed by atoms with Crippen LogP contribution in [0.2, 0.25) is 10.0 Å². The third-order valence-electron chi connectivity index (χ3n) is 7.99. The van der Waals surface area contributed by atoms with E-state index in [1.807, 2.05) is 6.92 Å². The van der Waals surface area contributed by atoms with Gasteiger partial charge in [-0.1, -0.05) is 73.7 Å². The molecule has 0 aliphatic heterocycles. The van der Waals surface area contributed by atoms with Crippen molar-refractivity contribution in [2.24, 2.45) is 0 Å². The van der Waals surface area contributed by atoms with Gasteiger partial charge in [0.25, 0.3) is 10.0 Å². The van der Waals surface area contributed by atoms with Crippen molar-refractivity contribution in [2.45, 2.75) is 69.0 Å². The van der Waals surface area contributed by atoms with Crippen LogP contribution in [-0.4, -0.2) is 58.0 Å². The van der Waals surface area contributed by atoms with Crippen molar-refractivity contribution in [3.8, 4) is 11.5 Å². The first-order chi connectivity index (χ1) is 21.6. The SMILES string of the molecule is CC[C@@H](C(=O)NC1CCCCC1)N(Cc1c(Cl)cccc1Cl)C(=O)CN(c1ccccc1)S(=O)(=O)c1ccc(OC)c(OC)c1. The number of amides is 2. The summed E-state index contributed by atoms with van der Waals surface area (Å²) in [7, 11) is -1.44. The highest BCUT2D eigenvalue weighted by Gasteiger charge is 2.35. The van der Waals surface area contributed by atoms with Crippen LogP contribution < -0.4 is 19.1 Å². The first-order valence-corrected chi connectivity index (χ1v) is 17.1. The monoisotopic (exact) mass is 675 g/mol. The van der Waals surface area contributed by atoms with E-state index in [0.29, 0.717) is 27.8 Å². The molecule has 0 aromatic heterocycles. The summed E-state index contributed by atoms with van der Waals surface area (Å²) in [4.78, 5) is 29.4. The average Bonchev–Trinajstić information content (AvgIpc) is 3.05. The number of nitrogens with zero attached hydrogens (tertiary/aromatic N) is 2. The van der Waals surface area contributed by atoms with Crippen LogP contribution in [0.5, 0.6) is 11.5 Å². The lowest BCUT2D eigenvalue weighted by Gasteiger charge is -2.34. The Morgan fingerprint density at radius 2 is 1.56 bits per heavy atom. The topological polar surface area (TPSA) is 105 Å². The molecule has 12 heteroatoms. The number of hydrogen-bond acceptors (Lipinski definition) is 6. The molecule has 2 amide bonds. The van der Waals surface area contributed by atoms with E-state index in [0.717, 1.165) is 36.4 Å². The summed E-state index contributed by atoms with van der Waals surface area (Å²) in [6, 6.07) is 16.7. The van der Waals surface area contributed by atoms with Crippen molar-refractivity contribution >= 4 is 50.7 Å². The normalized spacial score (nSPS) is 14.3. The molecule has 1 aliphatic carbocycles. The second-order valence-corrected chi connectivity index (χ2v) is 13.5. The molecule has 45 heavy (non-hydrogen) atoms. The summed E-state index contributed by atoms with van der Waals surface area (Å²) in [5, 5.41) is 3.80. The molecular weight excluding hydrogens is 637 g/mol. The summed E-state index contributed by atoms with van der Waals surface area (Å²) in [5.74, 6) is -0.311. The quantitative estimate of drug-likeness (QED) is 0.223. The summed E-state index contributed by atoms with van der Waals surface area (Å²) in [6.07, 6.45) is 5.22.